The summed E-state index contributed by atoms with van der Waals surface area (Å²) in [5.74, 6) is 0.862. The number of aliphatic imine (C=N–C) groups is 2. The highest BCUT2D eigenvalue weighted by atomic mass is 16.1. The van der Waals surface area contributed by atoms with Crippen molar-refractivity contribution in [1.82, 2.24) is 9.88 Å². The highest BCUT2D eigenvalue weighted by Crippen LogP contribution is 2.42. The molecule has 1 aromatic heterocycles. The van der Waals surface area contributed by atoms with E-state index >= 15 is 0 Å². The molecular weight excluding hydrogens is 364 g/mol. The number of pyridine rings is 1. The van der Waals surface area contributed by atoms with Crippen LogP contribution >= 0.6 is 0 Å². The number of aromatic nitrogens is 1. The van der Waals surface area contributed by atoms with Crippen LogP contribution in [0.5, 0.6) is 0 Å². The van der Waals surface area contributed by atoms with Crippen molar-refractivity contribution in [3.63, 3.8) is 0 Å². The molecule has 1 aromatic carbocycles. The summed E-state index contributed by atoms with van der Waals surface area (Å²) < 4.78 is 1.79. The first-order valence-electron chi connectivity index (χ1n) is 10.0. The Balaban J connectivity index is 1.70. The van der Waals surface area contributed by atoms with Gasteiger partial charge in [0, 0.05) is 36.8 Å². The number of nitrogens with zero attached hydrogens (tertiary/aromatic N) is 3. The Labute approximate surface area is 170 Å². The molecule has 2 aliphatic carbocycles. The van der Waals surface area contributed by atoms with Gasteiger partial charge in [-0.05, 0) is 51.0 Å². The van der Waals surface area contributed by atoms with Crippen LogP contribution in [0.25, 0.3) is 0 Å². The standard InChI is InChI=1S/C23H26N4O2/c1-14(15-6-5-7-17-16(15)8-9-20(17)28)26-22(25-4)18-13-27(23(2)10-11-23)21(29)12-19(18)24-3/h5-7,12-14H,3,8-11H2,1-2,4H3,(H,25,26)/t14-/m1/s1. The molecule has 6 heteroatoms. The van der Waals surface area contributed by atoms with Gasteiger partial charge in [-0.3, -0.25) is 19.6 Å². The third-order valence-electron chi connectivity index (χ3n) is 6.17. The van der Waals surface area contributed by atoms with Crippen LogP contribution in [-0.4, -0.2) is 30.0 Å². The van der Waals surface area contributed by atoms with E-state index in [2.05, 4.69) is 41.9 Å². The summed E-state index contributed by atoms with van der Waals surface area (Å²) in [6.07, 6.45) is 5.17. The van der Waals surface area contributed by atoms with Crippen LogP contribution in [-0.2, 0) is 12.0 Å². The topological polar surface area (TPSA) is 75.8 Å². The summed E-state index contributed by atoms with van der Waals surface area (Å²) in [6.45, 7) is 7.78. The van der Waals surface area contributed by atoms with E-state index < -0.39 is 0 Å². The Hall–Kier alpha value is -3.02. The molecule has 1 atom stereocenters. The number of fused-ring (bicyclic) bond motifs is 1. The molecule has 2 aromatic rings. The lowest BCUT2D eigenvalue weighted by Gasteiger charge is -2.22. The van der Waals surface area contributed by atoms with Gasteiger partial charge in [-0.25, -0.2) is 0 Å². The van der Waals surface area contributed by atoms with E-state index in [1.807, 2.05) is 18.3 Å². The van der Waals surface area contributed by atoms with E-state index in [4.69, 9.17) is 0 Å². The van der Waals surface area contributed by atoms with Gasteiger partial charge in [0.25, 0.3) is 5.56 Å². The van der Waals surface area contributed by atoms with Crippen LogP contribution in [0.15, 0.2) is 45.2 Å². The smallest absolute Gasteiger partial charge is 0.253 e. The number of rotatable bonds is 5. The van der Waals surface area contributed by atoms with E-state index in [0.29, 0.717) is 17.9 Å². The van der Waals surface area contributed by atoms with Crippen molar-refractivity contribution in [3.8, 4) is 0 Å². The number of benzene rings is 1. The lowest BCUT2D eigenvalue weighted by molar-refractivity contribution is 0.0994. The minimum absolute atomic E-state index is 0.0518. The van der Waals surface area contributed by atoms with Crippen molar-refractivity contribution < 1.29 is 4.79 Å². The van der Waals surface area contributed by atoms with E-state index in [9.17, 15) is 9.59 Å². The second-order valence-electron chi connectivity index (χ2n) is 8.17. The van der Waals surface area contributed by atoms with Crippen LogP contribution in [0.2, 0.25) is 0 Å². The van der Waals surface area contributed by atoms with E-state index in [-0.39, 0.29) is 22.9 Å². The molecule has 1 saturated carbocycles. The molecule has 0 unspecified atom stereocenters. The molecule has 0 radical (unpaired) electrons. The highest BCUT2D eigenvalue weighted by Gasteiger charge is 2.40. The van der Waals surface area contributed by atoms with Crippen LogP contribution in [0, 0.1) is 0 Å². The minimum atomic E-state index is -0.128. The van der Waals surface area contributed by atoms with Crippen LogP contribution in [0.1, 0.15) is 66.2 Å². The zero-order valence-electron chi connectivity index (χ0n) is 17.2. The molecule has 2 aliphatic rings. The maximum atomic E-state index is 12.5. The van der Waals surface area contributed by atoms with Gasteiger partial charge in [-0.2, -0.15) is 0 Å². The largest absolute Gasteiger partial charge is 0.363 e. The number of hydrogen-bond donors (Lipinski definition) is 1. The SMILES string of the molecule is C=Nc1cc(=O)n(C2(C)CC2)cc1/C(=N\C)N[C@H](C)c1cccc2c1CCC2=O. The van der Waals surface area contributed by atoms with Gasteiger partial charge in [-0.1, -0.05) is 18.2 Å². The zero-order chi connectivity index (χ0) is 20.8. The van der Waals surface area contributed by atoms with Gasteiger partial charge in [-0.15, -0.1) is 0 Å². The van der Waals surface area contributed by atoms with Crippen molar-refractivity contribution in [2.24, 2.45) is 9.98 Å². The Bertz CT molecular complexity index is 1090. The number of amidine groups is 1. The van der Waals surface area contributed by atoms with E-state index in [1.165, 1.54) is 6.07 Å². The molecule has 6 nitrogen and oxygen atoms in total. The molecule has 150 valence electrons. The fourth-order valence-corrected chi connectivity index (χ4v) is 4.15. The van der Waals surface area contributed by atoms with Gasteiger partial charge >= 0.3 is 0 Å². The zero-order valence-corrected chi connectivity index (χ0v) is 17.2. The average molecular weight is 390 g/mol. The second-order valence-corrected chi connectivity index (χ2v) is 8.17. The first-order chi connectivity index (χ1) is 13.9. The predicted molar refractivity (Wildman–Crippen MR) is 116 cm³/mol. The number of hydrogen-bond acceptors (Lipinski definition) is 4. The first kappa shape index (κ1) is 19.3. The van der Waals surface area contributed by atoms with Gasteiger partial charge in [0.1, 0.15) is 5.84 Å². The van der Waals surface area contributed by atoms with E-state index in [0.717, 1.165) is 41.5 Å². The third-order valence-corrected chi connectivity index (χ3v) is 6.17. The fourth-order valence-electron chi connectivity index (χ4n) is 4.15. The van der Waals surface area contributed by atoms with Gasteiger partial charge in [0.2, 0.25) is 0 Å². The van der Waals surface area contributed by atoms with Crippen LogP contribution in [0.3, 0.4) is 0 Å². The van der Waals surface area contributed by atoms with Crippen molar-refractivity contribution in [1.29, 1.82) is 0 Å². The van der Waals surface area contributed by atoms with Crippen molar-refractivity contribution in [3.05, 3.63) is 63.1 Å². The molecule has 0 saturated heterocycles. The normalized spacial score (nSPS) is 18.3. The number of Topliss-reactive ketones (excluding diaryl/α,β-unsaturated/α-hetero) is 1. The molecule has 0 aliphatic heterocycles. The summed E-state index contributed by atoms with van der Waals surface area (Å²) >= 11 is 0. The van der Waals surface area contributed by atoms with Crippen molar-refractivity contribution in [2.75, 3.05) is 7.05 Å². The first-order valence-corrected chi connectivity index (χ1v) is 10.0. The summed E-state index contributed by atoms with van der Waals surface area (Å²) in [5.41, 5.74) is 4.12. The molecule has 0 bridgehead atoms. The van der Waals surface area contributed by atoms with Gasteiger partial charge < -0.3 is 9.88 Å². The molecule has 0 amide bonds. The van der Waals surface area contributed by atoms with Gasteiger partial charge in [0.15, 0.2) is 5.78 Å². The summed E-state index contributed by atoms with van der Waals surface area (Å²) in [6, 6.07) is 7.37. The summed E-state index contributed by atoms with van der Waals surface area (Å²) in [4.78, 5) is 33.1. The predicted octanol–water partition coefficient (Wildman–Crippen LogP) is 3.55. The minimum Gasteiger partial charge on any atom is -0.363 e. The average Bonchev–Trinajstić information content (AvgIpc) is 3.36. The second kappa shape index (κ2) is 7.10. The van der Waals surface area contributed by atoms with Gasteiger partial charge in [0.05, 0.1) is 17.3 Å². The molecule has 1 heterocycles. The molecule has 1 fully saturated rings. The lowest BCUT2D eigenvalue weighted by Crippen LogP contribution is -2.32. The fraction of sp³-hybridized carbons (Fsp3) is 0.391. The quantitative estimate of drug-likeness (QED) is 0.627. The monoisotopic (exact) mass is 390 g/mol. The molecule has 0 spiro atoms. The Morgan fingerprint density at radius 3 is 2.69 bits per heavy atom. The molecule has 1 N–H and O–H groups in total. The number of carbonyl (C=O) groups is 1. The van der Waals surface area contributed by atoms with E-state index in [1.54, 1.807) is 11.6 Å². The number of carbonyl (C=O) groups excluding carboxylic acids is 1. The van der Waals surface area contributed by atoms with Crippen LogP contribution in [0.4, 0.5) is 5.69 Å². The van der Waals surface area contributed by atoms with Crippen molar-refractivity contribution >= 4 is 24.0 Å². The number of ketones is 1. The Morgan fingerprint density at radius 1 is 1.28 bits per heavy atom. The number of nitrogens with one attached hydrogen (secondary N) is 1. The summed E-state index contributed by atoms with van der Waals surface area (Å²) in [7, 11) is 1.72. The maximum Gasteiger partial charge on any atom is 0.253 e. The third kappa shape index (κ3) is 3.33. The summed E-state index contributed by atoms with van der Waals surface area (Å²) in [5, 5.41) is 3.47. The highest BCUT2D eigenvalue weighted by molar-refractivity contribution is 6.03. The van der Waals surface area contributed by atoms with Crippen molar-refractivity contribution in [2.45, 2.75) is 51.1 Å². The molecule has 4 rings (SSSR count). The van der Waals surface area contributed by atoms with Crippen LogP contribution < -0.4 is 10.9 Å². The molecular formula is C23H26N4O2. The molecule has 29 heavy (non-hydrogen) atoms. The Kier molecular flexibility index (Phi) is 4.73. The Morgan fingerprint density at radius 2 is 2.03 bits per heavy atom. The lowest BCUT2D eigenvalue weighted by atomic mass is 9.97. The maximum absolute atomic E-state index is 12.5.